The zero-order valence-electron chi connectivity index (χ0n) is 25.2. The highest BCUT2D eigenvalue weighted by Crippen LogP contribution is 2.51. The van der Waals surface area contributed by atoms with Gasteiger partial charge in [-0.2, -0.15) is 0 Å². The first-order chi connectivity index (χ1) is 19.1. The van der Waals surface area contributed by atoms with E-state index in [9.17, 15) is 0 Å². The average molecular weight is 529 g/mol. The first-order valence-electron chi connectivity index (χ1n) is 15.2. The number of nitrogens with zero attached hydrogens (tertiary/aromatic N) is 1. The summed E-state index contributed by atoms with van der Waals surface area (Å²) in [4.78, 5) is 0. The Morgan fingerprint density at radius 2 is 1.73 bits per heavy atom. The van der Waals surface area contributed by atoms with Crippen LogP contribution in [0.2, 0.25) is 0 Å². The number of hydrogen-bond acceptors (Lipinski definition) is 1. The number of fused-ring (bicyclic) bond motifs is 3. The van der Waals surface area contributed by atoms with Crippen LogP contribution < -0.4 is 4.57 Å². The van der Waals surface area contributed by atoms with Gasteiger partial charge in [0.05, 0.1) is 11.0 Å². The lowest BCUT2D eigenvalue weighted by Gasteiger charge is -2.34. The van der Waals surface area contributed by atoms with Crippen molar-refractivity contribution in [2.24, 2.45) is 18.4 Å². The Labute approximate surface area is 238 Å². The zero-order chi connectivity index (χ0) is 27.9. The molecule has 2 aliphatic rings. The van der Waals surface area contributed by atoms with Crippen molar-refractivity contribution in [3.8, 4) is 0 Å². The Morgan fingerprint density at radius 1 is 0.975 bits per heavy atom. The third-order valence-corrected chi connectivity index (χ3v) is 9.98. The smallest absolute Gasteiger partial charge is 0.221 e. The van der Waals surface area contributed by atoms with E-state index in [1.165, 1.54) is 91.9 Å². The maximum Gasteiger partial charge on any atom is 0.221 e. The van der Waals surface area contributed by atoms with E-state index in [1.807, 2.05) is 0 Å². The lowest BCUT2D eigenvalue weighted by Crippen LogP contribution is -2.32. The highest BCUT2D eigenvalue weighted by molar-refractivity contribution is 6.20. The monoisotopic (exact) mass is 528 g/mol. The van der Waals surface area contributed by atoms with Crippen LogP contribution in [0, 0.1) is 25.2 Å². The van der Waals surface area contributed by atoms with Gasteiger partial charge in [-0.05, 0) is 109 Å². The number of para-hydroxylation sites is 1. The summed E-state index contributed by atoms with van der Waals surface area (Å²) >= 11 is 0. The van der Waals surface area contributed by atoms with Gasteiger partial charge in [-0.25, -0.2) is 4.57 Å². The molecular weight excluding hydrogens is 486 g/mol. The van der Waals surface area contributed by atoms with Crippen LogP contribution in [0.15, 0.2) is 59.1 Å². The van der Waals surface area contributed by atoms with Crippen LogP contribution in [0.5, 0.6) is 0 Å². The Balaban J connectivity index is 1.54. The van der Waals surface area contributed by atoms with Crippen LogP contribution in [0.4, 0.5) is 0 Å². The third kappa shape index (κ3) is 3.86. The SMILES string of the molecule is Cc1cc2c(oc3ccccc32)c(C2=C(CC(C)C)c3cc(C4CCC(C)(C)CC4)cc4cc[n+](C)c2c34)c1C. The van der Waals surface area contributed by atoms with Gasteiger partial charge < -0.3 is 4.42 Å². The van der Waals surface area contributed by atoms with Crippen molar-refractivity contribution in [1.29, 1.82) is 0 Å². The molecule has 0 amide bonds. The lowest BCUT2D eigenvalue weighted by atomic mass is 9.71. The van der Waals surface area contributed by atoms with E-state index >= 15 is 0 Å². The molecule has 0 atom stereocenters. The molecule has 3 aromatic carbocycles. The minimum absolute atomic E-state index is 0.474. The van der Waals surface area contributed by atoms with Gasteiger partial charge in [0.2, 0.25) is 5.69 Å². The van der Waals surface area contributed by atoms with E-state index in [2.05, 4.69) is 108 Å². The molecule has 0 spiro atoms. The summed E-state index contributed by atoms with van der Waals surface area (Å²) in [6.45, 7) is 14.1. The average Bonchev–Trinajstić information content (AvgIpc) is 3.43. The van der Waals surface area contributed by atoms with Crippen LogP contribution >= 0.6 is 0 Å². The molecule has 2 nitrogen and oxygen atoms in total. The minimum atomic E-state index is 0.474. The van der Waals surface area contributed by atoms with Crippen molar-refractivity contribution in [2.75, 3.05) is 0 Å². The lowest BCUT2D eigenvalue weighted by molar-refractivity contribution is -0.672. The number of aromatic nitrogens is 1. The van der Waals surface area contributed by atoms with Crippen LogP contribution in [-0.2, 0) is 7.05 Å². The summed E-state index contributed by atoms with van der Waals surface area (Å²) in [6, 6.07) is 18.3. The number of rotatable bonds is 4. The van der Waals surface area contributed by atoms with Crippen molar-refractivity contribution in [2.45, 2.75) is 79.6 Å². The number of furan rings is 1. The van der Waals surface area contributed by atoms with Crippen molar-refractivity contribution in [3.05, 3.63) is 88.2 Å². The fraction of sp³-hybridized carbons (Fsp3) is 0.395. The second-order valence-electron chi connectivity index (χ2n) is 13.9. The first-order valence-corrected chi connectivity index (χ1v) is 15.2. The van der Waals surface area contributed by atoms with Gasteiger partial charge in [0, 0.05) is 22.4 Å². The van der Waals surface area contributed by atoms with Crippen molar-refractivity contribution < 1.29 is 8.98 Å². The Morgan fingerprint density at radius 3 is 2.48 bits per heavy atom. The van der Waals surface area contributed by atoms with Gasteiger partial charge in [0.15, 0.2) is 6.20 Å². The second kappa shape index (κ2) is 9.06. The number of hydrogen-bond donors (Lipinski definition) is 0. The van der Waals surface area contributed by atoms with Crippen molar-refractivity contribution in [1.82, 2.24) is 0 Å². The molecule has 0 radical (unpaired) electrons. The predicted molar refractivity (Wildman–Crippen MR) is 169 cm³/mol. The zero-order valence-corrected chi connectivity index (χ0v) is 25.2. The maximum atomic E-state index is 6.71. The van der Waals surface area contributed by atoms with Gasteiger partial charge in [-0.3, -0.25) is 0 Å². The van der Waals surface area contributed by atoms with E-state index in [0.29, 0.717) is 17.3 Å². The van der Waals surface area contributed by atoms with Crippen molar-refractivity contribution in [3.63, 3.8) is 0 Å². The predicted octanol–water partition coefficient (Wildman–Crippen LogP) is 10.2. The summed E-state index contributed by atoms with van der Waals surface area (Å²) in [6.07, 6.45) is 8.53. The number of aryl methyl sites for hydroxylation is 2. The molecule has 7 rings (SSSR count). The quantitative estimate of drug-likeness (QED) is 0.212. The van der Waals surface area contributed by atoms with Crippen molar-refractivity contribution >= 4 is 43.9 Å². The molecule has 2 heterocycles. The summed E-state index contributed by atoms with van der Waals surface area (Å²) in [5.41, 5.74) is 13.6. The molecule has 2 heteroatoms. The first kappa shape index (κ1) is 25.6. The molecule has 40 heavy (non-hydrogen) atoms. The summed E-state index contributed by atoms with van der Waals surface area (Å²) < 4.78 is 9.07. The van der Waals surface area contributed by atoms with Gasteiger partial charge in [0.25, 0.3) is 0 Å². The van der Waals surface area contributed by atoms with Gasteiger partial charge in [-0.15, -0.1) is 0 Å². The van der Waals surface area contributed by atoms with E-state index < -0.39 is 0 Å². The Bertz CT molecular complexity index is 1850. The van der Waals surface area contributed by atoms with E-state index in [4.69, 9.17) is 4.42 Å². The van der Waals surface area contributed by atoms with Crippen LogP contribution in [0.3, 0.4) is 0 Å². The summed E-state index contributed by atoms with van der Waals surface area (Å²) in [7, 11) is 2.22. The van der Waals surface area contributed by atoms with E-state index in [1.54, 1.807) is 0 Å². The third-order valence-electron chi connectivity index (χ3n) is 9.98. The fourth-order valence-electron chi connectivity index (χ4n) is 7.59. The molecule has 0 bridgehead atoms. The standard InChI is InChI=1S/C38H42NO/c1-22(2)18-29-30-21-27(25-12-15-38(5,6)16-13-25)20-26-14-17-39(7)36(34(26)30)35(29)33-24(4)23(3)19-31-28-10-8-9-11-32(28)40-37(31)33/h8-11,14,17,19-22,25H,12-13,15-16,18H2,1-7H3/q+1. The Kier molecular flexibility index (Phi) is 5.79. The normalized spacial score (nSPS) is 17.3. The van der Waals surface area contributed by atoms with Gasteiger partial charge in [-0.1, -0.05) is 58.0 Å². The van der Waals surface area contributed by atoms with E-state index in [-0.39, 0.29) is 0 Å². The highest BCUT2D eigenvalue weighted by Gasteiger charge is 2.37. The van der Waals surface area contributed by atoms with Gasteiger partial charge >= 0.3 is 0 Å². The largest absolute Gasteiger partial charge is 0.455 e. The molecule has 2 aliphatic carbocycles. The van der Waals surface area contributed by atoms with E-state index in [0.717, 1.165) is 17.6 Å². The summed E-state index contributed by atoms with van der Waals surface area (Å²) in [5.74, 6) is 1.20. The minimum Gasteiger partial charge on any atom is -0.455 e. The number of benzene rings is 3. The van der Waals surface area contributed by atoms with Crippen LogP contribution in [0.25, 0.3) is 43.9 Å². The molecule has 204 valence electrons. The fourth-order valence-corrected chi connectivity index (χ4v) is 7.59. The molecule has 1 fully saturated rings. The topological polar surface area (TPSA) is 17.0 Å². The molecule has 1 saturated carbocycles. The highest BCUT2D eigenvalue weighted by atomic mass is 16.3. The summed E-state index contributed by atoms with van der Waals surface area (Å²) in [5, 5.41) is 5.23. The number of allylic oxidation sites excluding steroid dienone is 1. The molecule has 0 aliphatic heterocycles. The van der Waals surface area contributed by atoms with Crippen LogP contribution in [-0.4, -0.2) is 0 Å². The molecule has 5 aromatic rings. The Hall–Kier alpha value is -3.39. The molecule has 2 aromatic heterocycles. The maximum absolute atomic E-state index is 6.71. The second-order valence-corrected chi connectivity index (χ2v) is 13.9. The molecular formula is C38H42NO+. The molecule has 0 N–H and O–H groups in total. The molecule has 0 saturated heterocycles. The number of pyridine rings is 1. The van der Waals surface area contributed by atoms with Gasteiger partial charge in [0.1, 0.15) is 18.2 Å². The van der Waals surface area contributed by atoms with Crippen LogP contribution in [0.1, 0.15) is 99.2 Å². The molecule has 0 unspecified atom stereocenters.